The van der Waals surface area contributed by atoms with Gasteiger partial charge in [0.1, 0.15) is 0 Å². The quantitative estimate of drug-likeness (QED) is 0.700. The highest BCUT2D eigenvalue weighted by Crippen LogP contribution is 2.17. The molecule has 2 fully saturated rings. The topological polar surface area (TPSA) is 81.7 Å². The molecule has 1 saturated heterocycles. The summed E-state index contributed by atoms with van der Waals surface area (Å²) >= 11 is 0. The number of urea groups is 1. The van der Waals surface area contributed by atoms with Gasteiger partial charge < -0.3 is 10.4 Å². The molecule has 0 unspecified atom stereocenters. The highest BCUT2D eigenvalue weighted by atomic mass is 16.3. The van der Waals surface area contributed by atoms with Crippen molar-refractivity contribution in [3.63, 3.8) is 0 Å². The van der Waals surface area contributed by atoms with Gasteiger partial charge >= 0.3 is 6.03 Å². The van der Waals surface area contributed by atoms with E-state index >= 15 is 0 Å². The molecule has 6 heteroatoms. The van der Waals surface area contributed by atoms with Gasteiger partial charge in [0.2, 0.25) is 5.91 Å². The summed E-state index contributed by atoms with van der Waals surface area (Å²) in [5.41, 5.74) is 0. The number of nitrogens with one attached hydrogen (secondary N) is 2. The Morgan fingerprint density at radius 1 is 1.10 bits per heavy atom. The van der Waals surface area contributed by atoms with Crippen LogP contribution in [0.1, 0.15) is 38.5 Å². The molecule has 114 valence electrons. The molecular weight excluding hydrogens is 258 g/mol. The van der Waals surface area contributed by atoms with Gasteiger partial charge in [-0.05, 0) is 44.7 Å². The van der Waals surface area contributed by atoms with Gasteiger partial charge in [-0.2, -0.15) is 0 Å². The zero-order valence-electron chi connectivity index (χ0n) is 11.9. The lowest BCUT2D eigenvalue weighted by atomic mass is 9.98. The SMILES string of the molecule is O=C(CN1CCC(CO)CC1)NC(=O)NC1CCCC1. The average molecular weight is 283 g/mol. The van der Waals surface area contributed by atoms with E-state index in [0.29, 0.717) is 5.92 Å². The molecule has 3 N–H and O–H groups in total. The number of carbonyl (C=O) groups excluding carboxylic acids is 2. The molecule has 0 spiro atoms. The highest BCUT2D eigenvalue weighted by Gasteiger charge is 2.22. The molecule has 0 aromatic rings. The first-order valence-corrected chi connectivity index (χ1v) is 7.61. The predicted molar refractivity (Wildman–Crippen MR) is 75.2 cm³/mol. The third kappa shape index (κ3) is 4.76. The van der Waals surface area contributed by atoms with Crippen molar-refractivity contribution in [1.82, 2.24) is 15.5 Å². The Bertz CT molecular complexity index is 335. The first-order valence-electron chi connectivity index (χ1n) is 7.61. The second kappa shape index (κ2) is 7.59. The van der Waals surface area contributed by atoms with Crippen LogP contribution in [-0.2, 0) is 4.79 Å². The monoisotopic (exact) mass is 283 g/mol. The van der Waals surface area contributed by atoms with Gasteiger partial charge in [-0.25, -0.2) is 4.79 Å². The number of imide groups is 1. The zero-order chi connectivity index (χ0) is 14.4. The number of piperidine rings is 1. The molecule has 1 saturated carbocycles. The van der Waals surface area contributed by atoms with Crippen LogP contribution in [0.4, 0.5) is 4.79 Å². The molecule has 20 heavy (non-hydrogen) atoms. The molecule has 6 nitrogen and oxygen atoms in total. The third-order valence-electron chi connectivity index (χ3n) is 4.28. The highest BCUT2D eigenvalue weighted by molar-refractivity contribution is 5.95. The molecule has 2 aliphatic rings. The fourth-order valence-corrected chi connectivity index (χ4v) is 2.99. The van der Waals surface area contributed by atoms with Crippen molar-refractivity contribution in [2.24, 2.45) is 5.92 Å². The minimum atomic E-state index is -0.368. The number of aliphatic hydroxyl groups excluding tert-OH is 1. The molecule has 0 atom stereocenters. The largest absolute Gasteiger partial charge is 0.396 e. The maximum atomic E-state index is 11.8. The Morgan fingerprint density at radius 2 is 1.75 bits per heavy atom. The second-order valence-corrected chi connectivity index (χ2v) is 5.91. The number of aliphatic hydroxyl groups is 1. The maximum Gasteiger partial charge on any atom is 0.321 e. The summed E-state index contributed by atoms with van der Waals surface area (Å²) < 4.78 is 0. The van der Waals surface area contributed by atoms with E-state index in [4.69, 9.17) is 5.11 Å². The van der Waals surface area contributed by atoms with Gasteiger partial charge in [0.25, 0.3) is 0 Å². The Morgan fingerprint density at radius 3 is 2.35 bits per heavy atom. The van der Waals surface area contributed by atoms with E-state index in [-0.39, 0.29) is 31.1 Å². The van der Waals surface area contributed by atoms with E-state index in [2.05, 4.69) is 10.6 Å². The first kappa shape index (κ1) is 15.3. The van der Waals surface area contributed by atoms with Crippen molar-refractivity contribution in [3.05, 3.63) is 0 Å². The summed E-state index contributed by atoms with van der Waals surface area (Å²) in [6.07, 6.45) is 6.15. The van der Waals surface area contributed by atoms with E-state index in [1.165, 1.54) is 0 Å². The van der Waals surface area contributed by atoms with Gasteiger partial charge in [-0.15, -0.1) is 0 Å². The molecule has 1 heterocycles. The Balaban J connectivity index is 1.63. The second-order valence-electron chi connectivity index (χ2n) is 5.91. The number of likely N-dealkylation sites (tertiary alicyclic amines) is 1. The van der Waals surface area contributed by atoms with Crippen LogP contribution in [0.5, 0.6) is 0 Å². The molecule has 0 aromatic carbocycles. The van der Waals surface area contributed by atoms with E-state index < -0.39 is 0 Å². The van der Waals surface area contributed by atoms with Crippen LogP contribution >= 0.6 is 0 Å². The number of hydrogen-bond donors (Lipinski definition) is 3. The Kier molecular flexibility index (Phi) is 5.79. The minimum absolute atomic E-state index is 0.225. The predicted octanol–water partition coefficient (Wildman–Crippen LogP) is 0.459. The minimum Gasteiger partial charge on any atom is -0.396 e. The molecule has 0 radical (unpaired) electrons. The Hall–Kier alpha value is -1.14. The van der Waals surface area contributed by atoms with Crippen LogP contribution in [0, 0.1) is 5.92 Å². The standard InChI is InChI=1S/C14H25N3O3/c18-10-11-5-7-17(8-6-11)9-13(19)16-14(20)15-12-3-1-2-4-12/h11-12,18H,1-10H2,(H2,15,16,19,20). The van der Waals surface area contributed by atoms with Crippen molar-refractivity contribution in [2.45, 2.75) is 44.6 Å². The number of amides is 3. The smallest absolute Gasteiger partial charge is 0.321 e. The summed E-state index contributed by atoms with van der Waals surface area (Å²) in [7, 11) is 0. The van der Waals surface area contributed by atoms with Gasteiger partial charge in [-0.3, -0.25) is 15.0 Å². The molecule has 2 rings (SSSR count). The van der Waals surface area contributed by atoms with Gasteiger partial charge in [-0.1, -0.05) is 12.8 Å². The van der Waals surface area contributed by atoms with Gasteiger partial charge in [0, 0.05) is 12.6 Å². The van der Waals surface area contributed by atoms with Crippen LogP contribution in [0.25, 0.3) is 0 Å². The van der Waals surface area contributed by atoms with E-state index in [1.54, 1.807) is 0 Å². The molecule has 1 aliphatic heterocycles. The number of nitrogens with zero attached hydrogens (tertiary/aromatic N) is 1. The van der Waals surface area contributed by atoms with Crippen LogP contribution in [0.3, 0.4) is 0 Å². The molecule has 0 bridgehead atoms. The lowest BCUT2D eigenvalue weighted by Gasteiger charge is -2.30. The molecule has 0 aromatic heterocycles. The summed E-state index contributed by atoms with van der Waals surface area (Å²) in [6.45, 7) is 2.10. The fourth-order valence-electron chi connectivity index (χ4n) is 2.99. The summed E-state index contributed by atoms with van der Waals surface area (Å²) in [6, 6.07) is -0.143. The molecule has 1 aliphatic carbocycles. The zero-order valence-corrected chi connectivity index (χ0v) is 11.9. The number of hydrogen-bond acceptors (Lipinski definition) is 4. The van der Waals surface area contributed by atoms with Crippen LogP contribution < -0.4 is 10.6 Å². The van der Waals surface area contributed by atoms with Crippen LogP contribution in [-0.4, -0.2) is 54.2 Å². The van der Waals surface area contributed by atoms with Gasteiger partial charge in [0.05, 0.1) is 6.54 Å². The Labute approximate surface area is 119 Å². The summed E-state index contributed by atoms with van der Waals surface area (Å²) in [5, 5.41) is 14.3. The van der Waals surface area contributed by atoms with E-state index in [0.717, 1.165) is 51.6 Å². The lowest BCUT2D eigenvalue weighted by Crippen LogP contribution is -2.48. The van der Waals surface area contributed by atoms with Crippen molar-refractivity contribution in [3.8, 4) is 0 Å². The van der Waals surface area contributed by atoms with Crippen molar-refractivity contribution < 1.29 is 14.7 Å². The third-order valence-corrected chi connectivity index (χ3v) is 4.28. The van der Waals surface area contributed by atoms with Crippen molar-refractivity contribution >= 4 is 11.9 Å². The fraction of sp³-hybridized carbons (Fsp3) is 0.857. The summed E-state index contributed by atoms with van der Waals surface area (Å²) in [5.74, 6) is 0.114. The number of rotatable bonds is 4. The summed E-state index contributed by atoms with van der Waals surface area (Å²) in [4.78, 5) is 25.5. The first-order chi connectivity index (χ1) is 9.67. The van der Waals surface area contributed by atoms with E-state index in [9.17, 15) is 9.59 Å². The average Bonchev–Trinajstić information content (AvgIpc) is 2.92. The van der Waals surface area contributed by atoms with Crippen molar-refractivity contribution in [1.29, 1.82) is 0 Å². The molecule has 3 amide bonds. The number of carbonyl (C=O) groups is 2. The van der Waals surface area contributed by atoms with Crippen LogP contribution in [0.15, 0.2) is 0 Å². The molecular formula is C14H25N3O3. The van der Waals surface area contributed by atoms with Crippen LogP contribution in [0.2, 0.25) is 0 Å². The van der Waals surface area contributed by atoms with Gasteiger partial charge in [0.15, 0.2) is 0 Å². The maximum absolute atomic E-state index is 11.8. The normalized spacial score (nSPS) is 21.9. The van der Waals surface area contributed by atoms with Crippen molar-refractivity contribution in [2.75, 3.05) is 26.2 Å². The lowest BCUT2D eigenvalue weighted by molar-refractivity contribution is -0.121. The van der Waals surface area contributed by atoms with E-state index in [1.807, 2.05) is 4.90 Å².